The van der Waals surface area contributed by atoms with Crippen molar-refractivity contribution in [1.82, 2.24) is 14.8 Å². The molecule has 0 amide bonds. The monoisotopic (exact) mass is 496 g/mol. The lowest BCUT2D eigenvalue weighted by Crippen LogP contribution is -2.11. The van der Waals surface area contributed by atoms with Crippen molar-refractivity contribution in [2.75, 3.05) is 6.54 Å². The van der Waals surface area contributed by atoms with Gasteiger partial charge in [0.15, 0.2) is 5.16 Å². The highest BCUT2D eigenvalue weighted by atomic mass is 32.2. The van der Waals surface area contributed by atoms with E-state index >= 15 is 0 Å². The maximum absolute atomic E-state index is 11.5. The molecule has 1 aromatic heterocycles. The smallest absolute Gasteiger partial charge is 0.220 e. The summed E-state index contributed by atoms with van der Waals surface area (Å²) in [6.45, 7) is 2.07. The third kappa shape index (κ3) is 5.23. The van der Waals surface area contributed by atoms with E-state index in [0.717, 1.165) is 28.0 Å². The molecule has 0 aliphatic heterocycles. The van der Waals surface area contributed by atoms with Gasteiger partial charge in [-0.1, -0.05) is 84.6 Å². The van der Waals surface area contributed by atoms with Crippen molar-refractivity contribution in [3.63, 3.8) is 0 Å². The highest BCUT2D eigenvalue weighted by molar-refractivity contribution is 7.99. The molecule has 4 aromatic carbocycles. The minimum Gasteiger partial charge on any atom is -0.489 e. The Morgan fingerprint density at radius 3 is 2.42 bits per heavy atom. The Morgan fingerprint density at radius 2 is 1.64 bits per heavy atom. The summed E-state index contributed by atoms with van der Waals surface area (Å²) in [7, 11) is 0. The second kappa shape index (κ2) is 10.6. The zero-order valence-corrected chi connectivity index (χ0v) is 20.5. The van der Waals surface area contributed by atoms with Gasteiger partial charge >= 0.3 is 0 Å². The van der Waals surface area contributed by atoms with E-state index in [-0.39, 0.29) is 11.5 Å². The number of aromatic nitrogens is 3. The van der Waals surface area contributed by atoms with Gasteiger partial charge in [0.05, 0.1) is 0 Å². The SMILES string of the molecule is Cc1nnc(S[C@H](C[N+](=O)[O-])c2ccc(OCc3cccc4ccccc34)cc2)n1-c1ccccc1. The van der Waals surface area contributed by atoms with Crippen LogP contribution < -0.4 is 4.74 Å². The molecule has 0 fully saturated rings. The third-order valence-corrected chi connectivity index (χ3v) is 7.08. The minimum absolute atomic E-state index is 0.235. The van der Waals surface area contributed by atoms with E-state index in [4.69, 9.17) is 4.74 Å². The van der Waals surface area contributed by atoms with E-state index in [1.165, 1.54) is 17.1 Å². The van der Waals surface area contributed by atoms with Gasteiger partial charge in [-0.2, -0.15) is 0 Å². The van der Waals surface area contributed by atoms with E-state index < -0.39 is 5.25 Å². The molecule has 0 N–H and O–H groups in total. The Kier molecular flexibility index (Phi) is 6.95. The van der Waals surface area contributed by atoms with E-state index in [1.54, 1.807) is 0 Å². The Morgan fingerprint density at radius 1 is 0.917 bits per heavy atom. The van der Waals surface area contributed by atoms with Crippen LogP contribution in [0.4, 0.5) is 0 Å². The summed E-state index contributed by atoms with van der Waals surface area (Å²) in [6, 6.07) is 31.6. The van der Waals surface area contributed by atoms with Gasteiger partial charge in [0.2, 0.25) is 6.54 Å². The van der Waals surface area contributed by atoms with Crippen molar-refractivity contribution in [2.45, 2.75) is 23.9 Å². The van der Waals surface area contributed by atoms with Crippen molar-refractivity contribution >= 4 is 22.5 Å². The average molecular weight is 497 g/mol. The fourth-order valence-corrected chi connectivity index (χ4v) is 5.30. The van der Waals surface area contributed by atoms with Crippen molar-refractivity contribution in [2.24, 2.45) is 0 Å². The zero-order valence-electron chi connectivity index (χ0n) is 19.7. The molecule has 1 heterocycles. The number of benzene rings is 4. The lowest BCUT2D eigenvalue weighted by atomic mass is 10.1. The molecule has 180 valence electrons. The fraction of sp³-hybridized carbons (Fsp3) is 0.143. The van der Waals surface area contributed by atoms with E-state index in [0.29, 0.717) is 17.5 Å². The summed E-state index contributed by atoms with van der Waals surface area (Å²) in [5.41, 5.74) is 2.85. The summed E-state index contributed by atoms with van der Waals surface area (Å²) in [6.07, 6.45) is 0. The summed E-state index contributed by atoms with van der Waals surface area (Å²) >= 11 is 1.34. The second-order valence-corrected chi connectivity index (χ2v) is 9.49. The van der Waals surface area contributed by atoms with Gasteiger partial charge < -0.3 is 4.74 Å². The number of nitro groups is 1. The maximum atomic E-state index is 11.5. The van der Waals surface area contributed by atoms with Gasteiger partial charge in [-0.05, 0) is 53.1 Å². The number of hydrogen-bond acceptors (Lipinski definition) is 6. The summed E-state index contributed by atoms with van der Waals surface area (Å²) < 4.78 is 7.96. The molecule has 7 nitrogen and oxygen atoms in total. The Labute approximate surface area is 212 Å². The topological polar surface area (TPSA) is 83.1 Å². The first-order chi connectivity index (χ1) is 17.6. The first-order valence-electron chi connectivity index (χ1n) is 11.5. The van der Waals surface area contributed by atoms with Crippen LogP contribution in [0.25, 0.3) is 16.5 Å². The van der Waals surface area contributed by atoms with Crippen LogP contribution in [0.1, 0.15) is 22.2 Å². The number of ether oxygens (including phenoxy) is 1. The molecule has 1 atom stereocenters. The Bertz CT molecular complexity index is 1480. The molecule has 0 radical (unpaired) electrons. The molecular weight excluding hydrogens is 472 g/mol. The van der Waals surface area contributed by atoms with Crippen LogP contribution in [-0.4, -0.2) is 26.2 Å². The molecule has 0 saturated carbocycles. The van der Waals surface area contributed by atoms with Gasteiger partial charge in [0.25, 0.3) is 0 Å². The van der Waals surface area contributed by atoms with E-state index in [2.05, 4.69) is 34.5 Å². The van der Waals surface area contributed by atoms with Crippen LogP contribution >= 0.6 is 11.8 Å². The Hall–Kier alpha value is -4.17. The zero-order chi connectivity index (χ0) is 24.9. The van der Waals surface area contributed by atoms with Gasteiger partial charge in [-0.25, -0.2) is 0 Å². The summed E-state index contributed by atoms with van der Waals surface area (Å²) in [5.74, 6) is 1.43. The predicted molar refractivity (Wildman–Crippen MR) is 141 cm³/mol. The molecule has 36 heavy (non-hydrogen) atoms. The highest BCUT2D eigenvalue weighted by Crippen LogP contribution is 2.36. The Balaban J connectivity index is 1.34. The fourth-order valence-electron chi connectivity index (χ4n) is 4.13. The molecule has 0 spiro atoms. The van der Waals surface area contributed by atoms with Gasteiger partial charge in [0.1, 0.15) is 23.4 Å². The standard InChI is InChI=1S/C28H24N4O3S/c1-20-29-30-28(32(20)24-11-3-2-4-12-24)36-27(18-31(33)34)22-14-16-25(17-15-22)35-19-23-10-7-9-21-8-5-6-13-26(21)23/h2-17,27H,18-19H2,1H3/t27-/m1/s1. The average Bonchev–Trinajstić information content (AvgIpc) is 3.27. The summed E-state index contributed by atoms with van der Waals surface area (Å²) in [4.78, 5) is 11.2. The van der Waals surface area contributed by atoms with E-state index in [9.17, 15) is 10.1 Å². The van der Waals surface area contributed by atoms with Crippen molar-refractivity contribution in [3.8, 4) is 11.4 Å². The van der Waals surface area contributed by atoms with Crippen molar-refractivity contribution < 1.29 is 9.66 Å². The van der Waals surface area contributed by atoms with Crippen LogP contribution in [0.5, 0.6) is 5.75 Å². The predicted octanol–water partition coefficient (Wildman–Crippen LogP) is 6.42. The first kappa shape index (κ1) is 23.6. The van der Waals surface area contributed by atoms with Gasteiger partial charge in [0, 0.05) is 10.6 Å². The largest absolute Gasteiger partial charge is 0.489 e. The lowest BCUT2D eigenvalue weighted by Gasteiger charge is -2.15. The second-order valence-electron chi connectivity index (χ2n) is 8.32. The quantitative estimate of drug-likeness (QED) is 0.133. The molecular formula is C28H24N4O3S. The normalized spacial score (nSPS) is 11.9. The van der Waals surface area contributed by atoms with Crippen LogP contribution in [0.2, 0.25) is 0 Å². The molecule has 0 saturated heterocycles. The van der Waals surface area contributed by atoms with Crippen molar-refractivity contribution in [3.05, 3.63) is 124 Å². The first-order valence-corrected chi connectivity index (χ1v) is 12.4. The number of aryl methyl sites for hydroxylation is 1. The molecule has 5 aromatic rings. The van der Waals surface area contributed by atoms with Gasteiger partial charge in [-0.15, -0.1) is 10.2 Å². The number of fused-ring (bicyclic) bond motifs is 1. The number of nitrogens with zero attached hydrogens (tertiary/aromatic N) is 4. The van der Waals surface area contributed by atoms with E-state index in [1.807, 2.05) is 84.3 Å². The molecule has 0 unspecified atom stereocenters. The number of thioether (sulfide) groups is 1. The maximum Gasteiger partial charge on any atom is 0.220 e. The molecule has 5 rings (SSSR count). The number of para-hydroxylation sites is 1. The van der Waals surface area contributed by atoms with Crippen LogP contribution in [0.15, 0.2) is 102 Å². The van der Waals surface area contributed by atoms with Crippen LogP contribution in [0, 0.1) is 17.0 Å². The van der Waals surface area contributed by atoms with Crippen LogP contribution in [0.3, 0.4) is 0 Å². The molecule has 0 bridgehead atoms. The molecule has 8 heteroatoms. The number of hydrogen-bond donors (Lipinski definition) is 0. The van der Waals surface area contributed by atoms with Crippen LogP contribution in [-0.2, 0) is 6.61 Å². The molecule has 0 aliphatic rings. The number of rotatable bonds is 9. The third-order valence-electron chi connectivity index (χ3n) is 5.90. The van der Waals surface area contributed by atoms with Gasteiger partial charge in [-0.3, -0.25) is 14.7 Å². The highest BCUT2D eigenvalue weighted by Gasteiger charge is 2.23. The molecule has 0 aliphatic carbocycles. The van der Waals surface area contributed by atoms with Crippen molar-refractivity contribution in [1.29, 1.82) is 0 Å². The minimum atomic E-state index is -0.432. The summed E-state index contributed by atoms with van der Waals surface area (Å²) in [5, 5.41) is 22.5. The lowest BCUT2D eigenvalue weighted by molar-refractivity contribution is -0.479.